The van der Waals surface area contributed by atoms with Gasteiger partial charge in [-0.05, 0) is 20.8 Å². The number of halogens is 1. The first kappa shape index (κ1) is 15.5. The van der Waals surface area contributed by atoms with E-state index >= 15 is 0 Å². The van der Waals surface area contributed by atoms with Crippen molar-refractivity contribution in [2.45, 2.75) is 46.1 Å². The van der Waals surface area contributed by atoms with E-state index in [4.69, 9.17) is 11.6 Å². The van der Waals surface area contributed by atoms with Crippen LogP contribution < -0.4 is 4.90 Å². The van der Waals surface area contributed by atoms with Crippen LogP contribution in [-0.4, -0.2) is 46.6 Å². The Hall–Kier alpha value is -0.870. The summed E-state index contributed by atoms with van der Waals surface area (Å²) < 4.78 is 0. The van der Waals surface area contributed by atoms with E-state index in [1.54, 1.807) is 0 Å². The molecule has 0 saturated carbocycles. The molecule has 20 heavy (non-hydrogen) atoms. The molecule has 1 aromatic rings. The second kappa shape index (κ2) is 5.86. The van der Waals surface area contributed by atoms with Gasteiger partial charge < -0.3 is 4.90 Å². The van der Waals surface area contributed by atoms with Crippen LogP contribution in [0.2, 0.25) is 5.15 Å². The van der Waals surface area contributed by atoms with E-state index in [0.717, 1.165) is 37.8 Å². The quantitative estimate of drug-likeness (QED) is 0.785. The summed E-state index contributed by atoms with van der Waals surface area (Å²) in [6.07, 6.45) is 0. The number of anilines is 1. The van der Waals surface area contributed by atoms with Crippen molar-refractivity contribution in [3.8, 4) is 0 Å². The molecule has 1 aliphatic rings. The van der Waals surface area contributed by atoms with Crippen molar-refractivity contribution in [1.82, 2.24) is 14.9 Å². The van der Waals surface area contributed by atoms with E-state index in [-0.39, 0.29) is 5.54 Å². The van der Waals surface area contributed by atoms with E-state index < -0.39 is 0 Å². The number of rotatable bonds is 2. The maximum absolute atomic E-state index is 6.13. The Balaban J connectivity index is 2.11. The molecule has 0 unspecified atom stereocenters. The predicted molar refractivity (Wildman–Crippen MR) is 84.7 cm³/mol. The summed E-state index contributed by atoms with van der Waals surface area (Å²) in [4.78, 5) is 13.8. The van der Waals surface area contributed by atoms with Crippen LogP contribution in [0.25, 0.3) is 0 Å². The molecule has 0 bridgehead atoms. The second-order valence-electron chi connectivity index (χ2n) is 6.71. The summed E-state index contributed by atoms with van der Waals surface area (Å²) in [7, 11) is 0. The van der Waals surface area contributed by atoms with Crippen molar-refractivity contribution in [2.24, 2.45) is 0 Å². The van der Waals surface area contributed by atoms with Crippen LogP contribution in [0, 0.1) is 0 Å². The molecule has 0 N–H and O–H groups in total. The lowest BCUT2D eigenvalue weighted by Crippen LogP contribution is -2.53. The summed E-state index contributed by atoms with van der Waals surface area (Å²) in [5.74, 6) is 2.08. The first-order valence-corrected chi connectivity index (χ1v) is 7.69. The van der Waals surface area contributed by atoms with Gasteiger partial charge in [0.1, 0.15) is 16.8 Å². The second-order valence-corrected chi connectivity index (χ2v) is 7.09. The van der Waals surface area contributed by atoms with Crippen molar-refractivity contribution in [3.05, 3.63) is 17.0 Å². The van der Waals surface area contributed by atoms with E-state index in [2.05, 4.69) is 54.4 Å². The average Bonchev–Trinajstić information content (AvgIpc) is 2.37. The third-order valence-corrected chi connectivity index (χ3v) is 3.96. The molecule has 1 saturated heterocycles. The standard InChI is InChI=1S/C15H25ClN4/c1-11(2)14-17-12(16)10-13(18-14)19-6-8-20(9-7-19)15(3,4)5/h10-11H,6-9H2,1-5H3. The number of piperazine rings is 1. The molecule has 0 aromatic carbocycles. The Labute approximate surface area is 127 Å². The Morgan fingerprint density at radius 3 is 2.20 bits per heavy atom. The van der Waals surface area contributed by atoms with E-state index in [1.807, 2.05) is 6.07 Å². The SMILES string of the molecule is CC(C)c1nc(Cl)cc(N2CCN(C(C)(C)C)CC2)n1. The lowest BCUT2D eigenvalue weighted by atomic mass is 10.1. The number of nitrogens with zero attached hydrogens (tertiary/aromatic N) is 4. The molecule has 0 atom stereocenters. The van der Waals surface area contributed by atoms with E-state index in [0.29, 0.717) is 11.1 Å². The Bertz CT molecular complexity index is 459. The molecule has 1 aromatic heterocycles. The maximum atomic E-state index is 6.13. The summed E-state index contributed by atoms with van der Waals surface area (Å²) in [5, 5.41) is 0.539. The van der Waals surface area contributed by atoms with Crippen molar-refractivity contribution in [2.75, 3.05) is 31.1 Å². The highest BCUT2D eigenvalue weighted by molar-refractivity contribution is 6.29. The fourth-order valence-electron chi connectivity index (χ4n) is 2.45. The van der Waals surface area contributed by atoms with Gasteiger partial charge in [0.15, 0.2) is 0 Å². The smallest absolute Gasteiger partial charge is 0.135 e. The average molecular weight is 297 g/mol. The van der Waals surface area contributed by atoms with E-state index in [9.17, 15) is 0 Å². The number of hydrogen-bond acceptors (Lipinski definition) is 4. The van der Waals surface area contributed by atoms with Crippen LogP contribution >= 0.6 is 11.6 Å². The van der Waals surface area contributed by atoms with Crippen molar-refractivity contribution >= 4 is 17.4 Å². The van der Waals surface area contributed by atoms with Crippen molar-refractivity contribution in [3.63, 3.8) is 0 Å². The fourth-order valence-corrected chi connectivity index (χ4v) is 2.63. The normalized spacial score (nSPS) is 17.9. The molecular formula is C15H25ClN4. The van der Waals surface area contributed by atoms with Gasteiger partial charge in [-0.15, -0.1) is 0 Å². The minimum atomic E-state index is 0.235. The molecule has 0 amide bonds. The number of aromatic nitrogens is 2. The molecule has 2 heterocycles. The molecule has 4 nitrogen and oxygen atoms in total. The topological polar surface area (TPSA) is 32.3 Å². The van der Waals surface area contributed by atoms with Gasteiger partial charge in [-0.2, -0.15) is 0 Å². The van der Waals surface area contributed by atoms with Gasteiger partial charge in [0, 0.05) is 43.7 Å². The molecule has 1 aliphatic heterocycles. The molecule has 0 spiro atoms. The van der Waals surface area contributed by atoms with Crippen molar-refractivity contribution < 1.29 is 0 Å². The molecule has 112 valence electrons. The Kier molecular flexibility index (Phi) is 4.55. The highest BCUT2D eigenvalue weighted by atomic mass is 35.5. The molecule has 1 fully saturated rings. The van der Waals surface area contributed by atoms with Crippen LogP contribution in [0.3, 0.4) is 0 Å². The summed E-state index contributed by atoms with van der Waals surface area (Å²) in [6.45, 7) is 15.1. The van der Waals surface area contributed by atoms with Gasteiger partial charge >= 0.3 is 0 Å². The van der Waals surface area contributed by atoms with Gasteiger partial charge in [-0.1, -0.05) is 25.4 Å². The van der Waals surface area contributed by atoms with Crippen LogP contribution in [0.4, 0.5) is 5.82 Å². The van der Waals surface area contributed by atoms with Crippen LogP contribution in [-0.2, 0) is 0 Å². The van der Waals surface area contributed by atoms with Gasteiger partial charge in [-0.25, -0.2) is 9.97 Å². The first-order valence-electron chi connectivity index (χ1n) is 7.32. The lowest BCUT2D eigenvalue weighted by Gasteiger charge is -2.42. The lowest BCUT2D eigenvalue weighted by molar-refractivity contribution is 0.128. The largest absolute Gasteiger partial charge is 0.354 e. The first-order chi connectivity index (χ1) is 9.27. The summed E-state index contributed by atoms with van der Waals surface area (Å²) in [6, 6.07) is 1.88. The molecular weight excluding hydrogens is 272 g/mol. The van der Waals surface area contributed by atoms with Gasteiger partial charge in [0.25, 0.3) is 0 Å². The molecule has 5 heteroatoms. The predicted octanol–water partition coefficient (Wildman–Crippen LogP) is 3.17. The number of hydrogen-bond donors (Lipinski definition) is 0. The molecule has 2 rings (SSSR count). The zero-order valence-electron chi connectivity index (χ0n) is 13.1. The summed E-state index contributed by atoms with van der Waals surface area (Å²) >= 11 is 6.13. The fraction of sp³-hybridized carbons (Fsp3) is 0.733. The van der Waals surface area contributed by atoms with Gasteiger partial charge in [0.2, 0.25) is 0 Å². The third kappa shape index (κ3) is 3.61. The Morgan fingerprint density at radius 2 is 1.70 bits per heavy atom. The monoisotopic (exact) mass is 296 g/mol. The zero-order chi connectivity index (χ0) is 14.9. The highest BCUT2D eigenvalue weighted by Crippen LogP contribution is 2.23. The van der Waals surface area contributed by atoms with Crippen molar-refractivity contribution in [1.29, 1.82) is 0 Å². The van der Waals surface area contributed by atoms with Crippen LogP contribution in [0.5, 0.6) is 0 Å². The highest BCUT2D eigenvalue weighted by Gasteiger charge is 2.26. The third-order valence-electron chi connectivity index (χ3n) is 3.77. The van der Waals surface area contributed by atoms with Crippen LogP contribution in [0.1, 0.15) is 46.4 Å². The van der Waals surface area contributed by atoms with Gasteiger partial charge in [-0.3, -0.25) is 4.90 Å². The Morgan fingerprint density at radius 1 is 1.10 bits per heavy atom. The van der Waals surface area contributed by atoms with Crippen LogP contribution in [0.15, 0.2) is 6.07 Å². The zero-order valence-corrected chi connectivity index (χ0v) is 13.9. The maximum Gasteiger partial charge on any atom is 0.135 e. The minimum Gasteiger partial charge on any atom is -0.354 e. The molecule has 0 aliphatic carbocycles. The van der Waals surface area contributed by atoms with Gasteiger partial charge in [0.05, 0.1) is 0 Å². The summed E-state index contributed by atoms with van der Waals surface area (Å²) in [5.41, 5.74) is 0.235. The molecule has 0 radical (unpaired) electrons. The van der Waals surface area contributed by atoms with E-state index in [1.165, 1.54) is 0 Å². The minimum absolute atomic E-state index is 0.235.